The van der Waals surface area contributed by atoms with E-state index in [-0.39, 0.29) is 0 Å². The van der Waals surface area contributed by atoms with Crippen molar-refractivity contribution in [1.29, 1.82) is 0 Å². The quantitative estimate of drug-likeness (QED) is 0.755. The minimum absolute atomic E-state index is 0.514. The lowest BCUT2D eigenvalue weighted by Crippen LogP contribution is -2.18. The molecule has 1 atom stereocenters. The first-order valence-electron chi connectivity index (χ1n) is 4.92. The predicted molar refractivity (Wildman–Crippen MR) is 54.8 cm³/mol. The van der Waals surface area contributed by atoms with Gasteiger partial charge in [-0.1, -0.05) is 13.8 Å². The minimum atomic E-state index is 0.514. The maximum atomic E-state index is 5.41. The molecule has 1 aromatic rings. The van der Waals surface area contributed by atoms with Crippen molar-refractivity contribution in [2.75, 3.05) is 13.6 Å². The number of rotatable bonds is 5. The Morgan fingerprint density at radius 1 is 1.46 bits per heavy atom. The van der Waals surface area contributed by atoms with E-state index in [0.29, 0.717) is 11.8 Å². The summed E-state index contributed by atoms with van der Waals surface area (Å²) in [6, 6.07) is 4.02. The maximum absolute atomic E-state index is 5.41. The third-order valence-electron chi connectivity index (χ3n) is 2.15. The number of nitrogens with one attached hydrogen (secondary N) is 1. The van der Waals surface area contributed by atoms with Crippen LogP contribution in [0.25, 0.3) is 0 Å². The van der Waals surface area contributed by atoms with E-state index >= 15 is 0 Å². The molecular formula is C11H19NO. The highest BCUT2D eigenvalue weighted by Crippen LogP contribution is 2.23. The van der Waals surface area contributed by atoms with E-state index in [4.69, 9.17) is 4.42 Å². The summed E-state index contributed by atoms with van der Waals surface area (Å²) in [7, 11) is 1.98. The van der Waals surface area contributed by atoms with Crippen molar-refractivity contribution < 1.29 is 4.42 Å². The molecular weight excluding hydrogens is 162 g/mol. The summed E-state index contributed by atoms with van der Waals surface area (Å²) in [6.07, 6.45) is 2.92. The molecule has 0 radical (unpaired) electrons. The summed E-state index contributed by atoms with van der Waals surface area (Å²) in [5.74, 6) is 2.33. The van der Waals surface area contributed by atoms with Crippen molar-refractivity contribution >= 4 is 0 Å². The van der Waals surface area contributed by atoms with Gasteiger partial charge in [-0.25, -0.2) is 0 Å². The zero-order valence-electron chi connectivity index (χ0n) is 8.71. The highest BCUT2D eigenvalue weighted by atomic mass is 16.3. The Morgan fingerprint density at radius 2 is 2.23 bits per heavy atom. The van der Waals surface area contributed by atoms with Gasteiger partial charge in [-0.05, 0) is 31.5 Å². The zero-order chi connectivity index (χ0) is 9.68. The monoisotopic (exact) mass is 181 g/mol. The Balaban J connectivity index is 2.57. The van der Waals surface area contributed by atoms with E-state index in [1.807, 2.05) is 13.1 Å². The van der Waals surface area contributed by atoms with Crippen LogP contribution in [0.4, 0.5) is 0 Å². The Kier molecular flexibility index (Phi) is 4.03. The first-order valence-corrected chi connectivity index (χ1v) is 4.92. The van der Waals surface area contributed by atoms with E-state index < -0.39 is 0 Å². The van der Waals surface area contributed by atoms with Crippen molar-refractivity contribution in [3.05, 3.63) is 24.2 Å². The summed E-state index contributed by atoms with van der Waals surface area (Å²) >= 11 is 0. The Hall–Kier alpha value is -0.760. The molecule has 74 valence electrons. The second-order valence-corrected chi connectivity index (χ2v) is 3.90. The molecule has 0 aliphatic carbocycles. The predicted octanol–water partition coefficient (Wildman–Crippen LogP) is 2.63. The van der Waals surface area contributed by atoms with Crippen molar-refractivity contribution in [2.24, 2.45) is 5.92 Å². The van der Waals surface area contributed by atoms with E-state index in [9.17, 15) is 0 Å². The van der Waals surface area contributed by atoms with Gasteiger partial charge >= 0.3 is 0 Å². The van der Waals surface area contributed by atoms with Crippen LogP contribution in [-0.4, -0.2) is 13.6 Å². The second-order valence-electron chi connectivity index (χ2n) is 3.90. The van der Waals surface area contributed by atoms with Crippen LogP contribution in [0, 0.1) is 5.92 Å². The average molecular weight is 181 g/mol. The van der Waals surface area contributed by atoms with Gasteiger partial charge in [0.2, 0.25) is 0 Å². The van der Waals surface area contributed by atoms with Gasteiger partial charge < -0.3 is 9.73 Å². The molecule has 1 N–H and O–H groups in total. The summed E-state index contributed by atoms with van der Waals surface area (Å²) in [4.78, 5) is 0. The average Bonchev–Trinajstić information content (AvgIpc) is 2.54. The summed E-state index contributed by atoms with van der Waals surface area (Å²) in [5.41, 5.74) is 0. The van der Waals surface area contributed by atoms with Gasteiger partial charge in [0.05, 0.1) is 6.26 Å². The third kappa shape index (κ3) is 3.23. The number of hydrogen-bond donors (Lipinski definition) is 1. The second kappa shape index (κ2) is 5.07. The molecule has 0 bridgehead atoms. The Labute approximate surface area is 80.3 Å². The van der Waals surface area contributed by atoms with Crippen molar-refractivity contribution in [1.82, 2.24) is 5.32 Å². The molecule has 0 amide bonds. The van der Waals surface area contributed by atoms with Crippen LogP contribution in [0.15, 0.2) is 22.8 Å². The molecule has 2 heteroatoms. The zero-order valence-corrected chi connectivity index (χ0v) is 8.71. The fraction of sp³-hybridized carbons (Fsp3) is 0.636. The standard InChI is InChI=1S/C11H19NO/c1-9(2)7-10(8-12-3)11-5-4-6-13-11/h4-6,9-10,12H,7-8H2,1-3H3. The lowest BCUT2D eigenvalue weighted by Gasteiger charge is -2.15. The molecule has 1 unspecified atom stereocenters. The minimum Gasteiger partial charge on any atom is -0.469 e. The van der Waals surface area contributed by atoms with E-state index in [1.54, 1.807) is 6.26 Å². The Morgan fingerprint density at radius 3 is 2.69 bits per heavy atom. The van der Waals surface area contributed by atoms with E-state index in [2.05, 4.69) is 25.2 Å². The fourth-order valence-electron chi connectivity index (χ4n) is 1.64. The maximum Gasteiger partial charge on any atom is 0.108 e. The molecule has 0 aliphatic heterocycles. The van der Waals surface area contributed by atoms with Gasteiger partial charge in [0, 0.05) is 12.5 Å². The lowest BCUT2D eigenvalue weighted by atomic mass is 9.95. The third-order valence-corrected chi connectivity index (χ3v) is 2.15. The van der Waals surface area contributed by atoms with Crippen LogP contribution in [0.2, 0.25) is 0 Å². The van der Waals surface area contributed by atoms with Gasteiger partial charge in [0.15, 0.2) is 0 Å². The summed E-state index contributed by atoms with van der Waals surface area (Å²) in [5, 5.41) is 3.20. The molecule has 0 fully saturated rings. The van der Waals surface area contributed by atoms with Gasteiger partial charge in [-0.2, -0.15) is 0 Å². The smallest absolute Gasteiger partial charge is 0.108 e. The molecule has 2 nitrogen and oxygen atoms in total. The molecule has 13 heavy (non-hydrogen) atoms. The van der Waals surface area contributed by atoms with Gasteiger partial charge in [0.1, 0.15) is 5.76 Å². The SMILES string of the molecule is CNCC(CC(C)C)c1ccco1. The highest BCUT2D eigenvalue weighted by Gasteiger charge is 2.14. The first kappa shape index (κ1) is 10.3. The van der Waals surface area contributed by atoms with Gasteiger partial charge in [-0.3, -0.25) is 0 Å². The van der Waals surface area contributed by atoms with Crippen molar-refractivity contribution in [3.63, 3.8) is 0 Å². The van der Waals surface area contributed by atoms with Crippen LogP contribution in [0.1, 0.15) is 31.9 Å². The first-order chi connectivity index (χ1) is 6.24. The normalized spacial score (nSPS) is 13.5. The van der Waals surface area contributed by atoms with Crippen LogP contribution in [0.3, 0.4) is 0 Å². The van der Waals surface area contributed by atoms with Crippen molar-refractivity contribution in [2.45, 2.75) is 26.2 Å². The molecule has 1 heterocycles. The van der Waals surface area contributed by atoms with E-state index in [0.717, 1.165) is 12.3 Å². The molecule has 0 aliphatic rings. The van der Waals surface area contributed by atoms with Crippen LogP contribution in [0.5, 0.6) is 0 Å². The molecule has 0 spiro atoms. The fourth-order valence-corrected chi connectivity index (χ4v) is 1.64. The summed E-state index contributed by atoms with van der Waals surface area (Å²) in [6.45, 7) is 5.48. The molecule has 0 saturated carbocycles. The number of hydrogen-bond acceptors (Lipinski definition) is 2. The number of likely N-dealkylation sites (N-methyl/N-ethyl adjacent to an activating group) is 1. The van der Waals surface area contributed by atoms with Crippen LogP contribution in [-0.2, 0) is 0 Å². The molecule has 0 aromatic carbocycles. The topological polar surface area (TPSA) is 25.2 Å². The summed E-state index contributed by atoms with van der Waals surface area (Å²) < 4.78 is 5.41. The van der Waals surface area contributed by atoms with E-state index in [1.165, 1.54) is 6.42 Å². The van der Waals surface area contributed by atoms with Crippen LogP contribution >= 0.6 is 0 Å². The molecule has 0 saturated heterocycles. The lowest BCUT2D eigenvalue weighted by molar-refractivity contribution is 0.401. The largest absolute Gasteiger partial charge is 0.469 e. The highest BCUT2D eigenvalue weighted by molar-refractivity contribution is 5.05. The molecule has 1 rings (SSSR count). The van der Waals surface area contributed by atoms with Gasteiger partial charge in [-0.15, -0.1) is 0 Å². The van der Waals surface area contributed by atoms with Crippen LogP contribution < -0.4 is 5.32 Å². The van der Waals surface area contributed by atoms with Gasteiger partial charge in [0.25, 0.3) is 0 Å². The van der Waals surface area contributed by atoms with Crippen molar-refractivity contribution in [3.8, 4) is 0 Å². The number of furan rings is 1. The Bertz CT molecular complexity index is 216. The molecule has 1 aromatic heterocycles.